The zero-order valence-corrected chi connectivity index (χ0v) is 22.9. The van der Waals surface area contributed by atoms with Crippen LogP contribution < -0.4 is 9.46 Å². The fraction of sp³-hybridized carbons (Fsp3) is 0.167. The molecule has 0 fully saturated rings. The van der Waals surface area contributed by atoms with Gasteiger partial charge < -0.3 is 4.74 Å². The van der Waals surface area contributed by atoms with Gasteiger partial charge in [0.15, 0.2) is 0 Å². The Balaban J connectivity index is 1.68. The lowest BCUT2D eigenvalue weighted by atomic mass is 9.94. The number of amides is 1. The Morgan fingerprint density at radius 2 is 1.57 bits per heavy atom. The first kappa shape index (κ1) is 26.6. The fourth-order valence-corrected chi connectivity index (χ4v) is 5.24. The van der Waals surface area contributed by atoms with Crippen LogP contribution in [-0.4, -0.2) is 20.9 Å². The molecule has 1 N–H and O–H groups in total. The maximum absolute atomic E-state index is 13.3. The van der Waals surface area contributed by atoms with Crippen LogP contribution in [0.15, 0.2) is 106 Å². The van der Waals surface area contributed by atoms with Crippen molar-refractivity contribution in [2.45, 2.75) is 31.1 Å². The first-order valence-corrected chi connectivity index (χ1v) is 14.4. The smallest absolute Gasteiger partial charge is 0.265 e. The number of rotatable bonds is 10. The number of aryl methyl sites for hydroxylation is 2. The molecule has 7 heteroatoms. The summed E-state index contributed by atoms with van der Waals surface area (Å²) in [7, 11) is -4.03. The Morgan fingerprint density at radius 3 is 2.30 bits per heavy atom. The second-order valence-corrected chi connectivity index (χ2v) is 11.2. The van der Waals surface area contributed by atoms with Gasteiger partial charge in [0.25, 0.3) is 15.9 Å². The van der Waals surface area contributed by atoms with Gasteiger partial charge in [-0.1, -0.05) is 83.5 Å². The molecule has 0 aromatic heterocycles. The highest BCUT2D eigenvalue weighted by atomic mass is 79.9. The van der Waals surface area contributed by atoms with E-state index >= 15 is 0 Å². The lowest BCUT2D eigenvalue weighted by molar-refractivity contribution is 0.0980. The van der Waals surface area contributed by atoms with Gasteiger partial charge in [-0.25, -0.2) is 13.1 Å². The van der Waals surface area contributed by atoms with Gasteiger partial charge in [0.2, 0.25) is 0 Å². The quantitative estimate of drug-likeness (QED) is 0.225. The van der Waals surface area contributed by atoms with Crippen molar-refractivity contribution in [1.29, 1.82) is 0 Å². The third kappa shape index (κ3) is 6.87. The Labute approximate surface area is 226 Å². The molecule has 0 radical (unpaired) electrons. The minimum atomic E-state index is -4.03. The van der Waals surface area contributed by atoms with E-state index in [2.05, 4.69) is 27.6 Å². The van der Waals surface area contributed by atoms with Crippen molar-refractivity contribution in [2.24, 2.45) is 0 Å². The van der Waals surface area contributed by atoms with Gasteiger partial charge in [0.05, 0.1) is 11.5 Å². The molecule has 0 unspecified atom stereocenters. The first-order valence-electron chi connectivity index (χ1n) is 12.1. The maximum atomic E-state index is 13.3. The minimum Gasteiger partial charge on any atom is -0.493 e. The lowest BCUT2D eigenvalue weighted by Crippen LogP contribution is -2.31. The molecular weight excluding hydrogens is 550 g/mol. The van der Waals surface area contributed by atoms with Crippen molar-refractivity contribution < 1.29 is 17.9 Å². The van der Waals surface area contributed by atoms with Crippen LogP contribution in [0.2, 0.25) is 0 Å². The molecule has 4 aromatic rings. The van der Waals surface area contributed by atoms with Gasteiger partial charge in [0.1, 0.15) is 5.75 Å². The number of nitrogens with one attached hydrogen (secondary N) is 1. The second-order valence-electron chi connectivity index (χ2n) is 8.59. The molecule has 0 atom stereocenters. The summed E-state index contributed by atoms with van der Waals surface area (Å²) in [6.45, 7) is 2.66. The first-order chi connectivity index (χ1) is 17.9. The molecule has 37 heavy (non-hydrogen) atoms. The van der Waals surface area contributed by atoms with E-state index in [0.29, 0.717) is 25.0 Å². The van der Waals surface area contributed by atoms with Crippen LogP contribution in [0.5, 0.6) is 5.75 Å². The van der Waals surface area contributed by atoms with E-state index in [1.165, 1.54) is 12.1 Å². The van der Waals surface area contributed by atoms with E-state index in [0.717, 1.165) is 38.9 Å². The van der Waals surface area contributed by atoms with Crippen molar-refractivity contribution >= 4 is 31.9 Å². The molecule has 0 aliphatic carbocycles. The van der Waals surface area contributed by atoms with Crippen molar-refractivity contribution in [3.8, 4) is 16.9 Å². The van der Waals surface area contributed by atoms with Crippen LogP contribution in [-0.2, 0) is 22.9 Å². The van der Waals surface area contributed by atoms with E-state index in [1.54, 1.807) is 18.2 Å². The van der Waals surface area contributed by atoms with E-state index in [9.17, 15) is 13.2 Å². The number of halogens is 1. The zero-order valence-electron chi connectivity index (χ0n) is 20.5. The van der Waals surface area contributed by atoms with Crippen molar-refractivity contribution in [2.75, 3.05) is 6.61 Å². The average Bonchev–Trinajstić information content (AvgIpc) is 2.91. The molecule has 5 nitrogen and oxygen atoms in total. The molecule has 0 heterocycles. The van der Waals surface area contributed by atoms with Crippen LogP contribution in [0.3, 0.4) is 0 Å². The highest BCUT2D eigenvalue weighted by Crippen LogP contribution is 2.32. The number of ether oxygens (including phenoxy) is 1. The van der Waals surface area contributed by atoms with E-state index < -0.39 is 15.9 Å². The third-order valence-electron chi connectivity index (χ3n) is 5.89. The molecule has 0 aliphatic heterocycles. The predicted molar refractivity (Wildman–Crippen MR) is 150 cm³/mol. The fourth-order valence-electron chi connectivity index (χ4n) is 4.01. The van der Waals surface area contributed by atoms with Crippen molar-refractivity contribution in [3.63, 3.8) is 0 Å². The van der Waals surface area contributed by atoms with Gasteiger partial charge in [-0.15, -0.1) is 0 Å². The van der Waals surface area contributed by atoms with E-state index in [-0.39, 0.29) is 4.90 Å². The van der Waals surface area contributed by atoms with Crippen LogP contribution in [0.25, 0.3) is 11.1 Å². The van der Waals surface area contributed by atoms with Gasteiger partial charge >= 0.3 is 0 Å². The Morgan fingerprint density at radius 1 is 0.865 bits per heavy atom. The van der Waals surface area contributed by atoms with Crippen LogP contribution in [0.4, 0.5) is 0 Å². The number of benzene rings is 4. The molecule has 4 aromatic carbocycles. The number of para-hydroxylation sites is 1. The van der Waals surface area contributed by atoms with Gasteiger partial charge in [-0.3, -0.25) is 4.79 Å². The second kappa shape index (κ2) is 12.2. The van der Waals surface area contributed by atoms with Crippen molar-refractivity contribution in [1.82, 2.24) is 4.72 Å². The highest BCUT2D eigenvalue weighted by Gasteiger charge is 2.21. The molecule has 190 valence electrons. The summed E-state index contributed by atoms with van der Waals surface area (Å²) < 4.78 is 34.7. The summed E-state index contributed by atoms with van der Waals surface area (Å²) in [4.78, 5) is 13.3. The summed E-state index contributed by atoms with van der Waals surface area (Å²) in [6.07, 6.45) is 2.16. The molecule has 0 spiro atoms. The molecule has 0 aliphatic rings. The lowest BCUT2D eigenvalue weighted by Gasteiger charge is -2.15. The number of carbonyl (C=O) groups excluding carboxylic acids is 1. The summed E-state index contributed by atoms with van der Waals surface area (Å²) in [5.41, 5.74) is 4.05. The molecule has 0 bridgehead atoms. The molecule has 1 amide bonds. The van der Waals surface area contributed by atoms with Crippen LogP contribution in [0, 0.1) is 0 Å². The number of carbonyl (C=O) groups is 1. The summed E-state index contributed by atoms with van der Waals surface area (Å²) >= 11 is 3.30. The Kier molecular flexibility index (Phi) is 8.79. The van der Waals surface area contributed by atoms with E-state index in [1.807, 2.05) is 66.7 Å². The summed E-state index contributed by atoms with van der Waals surface area (Å²) in [5, 5.41) is 0. The minimum absolute atomic E-state index is 0.0218. The highest BCUT2D eigenvalue weighted by molar-refractivity contribution is 9.10. The number of hydrogen-bond acceptors (Lipinski definition) is 4. The standard InChI is InChI=1S/C30H28BrNO4S/c1-2-20-36-29-11-7-6-10-27(29)23-14-19-28(24(21-23)13-12-22-8-4-3-5-9-22)30(33)32-37(34,35)26-17-15-25(31)16-18-26/h3-11,14-19,21H,2,12-13,20H2,1H3,(H,32,33). The van der Waals surface area contributed by atoms with Crippen LogP contribution in [0.1, 0.15) is 34.8 Å². The van der Waals surface area contributed by atoms with Crippen molar-refractivity contribution in [3.05, 3.63) is 118 Å². The van der Waals surface area contributed by atoms with Gasteiger partial charge in [-0.2, -0.15) is 0 Å². The average molecular weight is 579 g/mol. The molecule has 0 saturated heterocycles. The predicted octanol–water partition coefficient (Wildman–Crippen LogP) is 6.81. The van der Waals surface area contributed by atoms with Gasteiger partial charge in [-0.05, 0) is 72.4 Å². The molecular formula is C30H28BrNO4S. The van der Waals surface area contributed by atoms with Gasteiger partial charge in [0, 0.05) is 15.6 Å². The largest absolute Gasteiger partial charge is 0.493 e. The number of sulfonamides is 1. The third-order valence-corrected chi connectivity index (χ3v) is 7.76. The zero-order chi connectivity index (χ0) is 26.3. The summed E-state index contributed by atoms with van der Waals surface area (Å²) in [5.74, 6) is 0.112. The Bertz CT molecular complexity index is 1470. The molecule has 4 rings (SSSR count). The molecule has 0 saturated carbocycles. The normalized spacial score (nSPS) is 11.2. The topological polar surface area (TPSA) is 72.5 Å². The Hall–Kier alpha value is -3.42. The number of hydrogen-bond donors (Lipinski definition) is 1. The maximum Gasteiger partial charge on any atom is 0.265 e. The SMILES string of the molecule is CCCOc1ccccc1-c1ccc(C(=O)NS(=O)(=O)c2ccc(Br)cc2)c(CCc2ccccc2)c1. The van der Waals surface area contributed by atoms with Crippen LogP contribution >= 0.6 is 15.9 Å². The summed E-state index contributed by atoms with van der Waals surface area (Å²) in [6, 6.07) is 29.4. The monoisotopic (exact) mass is 577 g/mol. The van der Waals surface area contributed by atoms with E-state index in [4.69, 9.17) is 4.74 Å².